The van der Waals surface area contributed by atoms with Gasteiger partial charge in [0.2, 0.25) is 0 Å². The van der Waals surface area contributed by atoms with E-state index in [4.69, 9.17) is 4.74 Å². The fourth-order valence-corrected chi connectivity index (χ4v) is 4.11. The number of nitrogens with zero attached hydrogens (tertiary/aromatic N) is 1. The van der Waals surface area contributed by atoms with Crippen molar-refractivity contribution in [2.75, 3.05) is 13.2 Å². The van der Waals surface area contributed by atoms with Crippen molar-refractivity contribution in [2.45, 2.75) is 38.1 Å². The molecule has 1 heterocycles. The highest BCUT2D eigenvalue weighted by molar-refractivity contribution is 7.87. The lowest BCUT2D eigenvalue weighted by molar-refractivity contribution is -0.0509. The number of ether oxygens (including phenoxy) is 1. The van der Waals surface area contributed by atoms with Crippen LogP contribution < -0.4 is 0 Å². The third kappa shape index (κ3) is 4.34. The van der Waals surface area contributed by atoms with Gasteiger partial charge in [-0.05, 0) is 43.0 Å². The second-order valence-electron chi connectivity index (χ2n) is 7.85. The van der Waals surface area contributed by atoms with E-state index in [9.17, 15) is 31.5 Å². The number of carbonyl (C=O) groups is 1. The van der Waals surface area contributed by atoms with Gasteiger partial charge < -0.3 is 14.0 Å². The van der Waals surface area contributed by atoms with Crippen molar-refractivity contribution < 1.29 is 40.4 Å². The number of amides is 1. The first kappa shape index (κ1) is 23.7. The maximum atomic E-state index is 12.9. The Hall–Kier alpha value is -2.95. The maximum absolute atomic E-state index is 12.9. The molecule has 3 rings (SSSR count). The fourth-order valence-electron chi connectivity index (χ4n) is 3.62. The molecule has 32 heavy (non-hydrogen) atoms. The number of hydrogen-bond donors (Lipinski definition) is 1. The second-order valence-corrected chi connectivity index (χ2v) is 9.38. The molecular weight excluding hydrogens is 451 g/mol. The van der Waals surface area contributed by atoms with Gasteiger partial charge in [-0.15, -0.1) is 0 Å². The standard InChI is InChI=1S/C21H22F3NO6S/c1-4-30-19(27)25-10-6-5-7-15(25)13-11-14-17(31-32(28,29)21(22,23)24)8-9-20(2,3)18(14)16(26)12-13/h5-8,11-12,26H,4,9-10H2,1-3H3. The largest absolute Gasteiger partial charge is 0.534 e. The van der Waals surface area contributed by atoms with Crippen LogP contribution >= 0.6 is 0 Å². The Bertz CT molecular complexity index is 1130. The summed E-state index contributed by atoms with van der Waals surface area (Å²) < 4.78 is 71.5. The van der Waals surface area contributed by atoms with Gasteiger partial charge in [-0.2, -0.15) is 21.6 Å². The Morgan fingerprint density at radius 3 is 2.59 bits per heavy atom. The molecule has 1 N–H and O–H groups in total. The number of phenols is 1. The van der Waals surface area contributed by atoms with E-state index in [1.807, 2.05) is 0 Å². The SMILES string of the molecule is CCOC(=O)N1CC=CC=C1c1cc(O)c2c(c1)C(OS(=O)(=O)C(F)(F)F)=CCC2(C)C. The summed E-state index contributed by atoms with van der Waals surface area (Å²) in [6, 6.07) is 2.77. The van der Waals surface area contributed by atoms with Crippen molar-refractivity contribution in [2.24, 2.45) is 0 Å². The van der Waals surface area contributed by atoms with Crippen LogP contribution in [0.2, 0.25) is 0 Å². The number of halogens is 3. The van der Waals surface area contributed by atoms with Gasteiger partial charge in [0.1, 0.15) is 11.5 Å². The van der Waals surface area contributed by atoms with Crippen molar-refractivity contribution in [1.82, 2.24) is 4.90 Å². The molecule has 0 bridgehead atoms. The minimum Gasteiger partial charge on any atom is -0.508 e. The van der Waals surface area contributed by atoms with E-state index < -0.39 is 32.9 Å². The number of hydrogen-bond acceptors (Lipinski definition) is 6. The van der Waals surface area contributed by atoms with Crippen molar-refractivity contribution >= 4 is 27.7 Å². The van der Waals surface area contributed by atoms with Crippen molar-refractivity contribution in [1.29, 1.82) is 0 Å². The van der Waals surface area contributed by atoms with E-state index in [0.717, 1.165) is 0 Å². The Morgan fingerprint density at radius 2 is 1.97 bits per heavy atom. The Labute approximate surface area is 183 Å². The zero-order valence-corrected chi connectivity index (χ0v) is 18.4. The number of benzene rings is 1. The van der Waals surface area contributed by atoms with E-state index in [1.165, 1.54) is 23.1 Å². The molecule has 0 radical (unpaired) electrons. The summed E-state index contributed by atoms with van der Waals surface area (Å²) in [4.78, 5) is 13.6. The molecule has 0 atom stereocenters. The van der Waals surface area contributed by atoms with Gasteiger partial charge in [-0.25, -0.2) is 4.79 Å². The predicted molar refractivity (Wildman–Crippen MR) is 111 cm³/mol. The molecule has 1 aliphatic heterocycles. The third-order valence-electron chi connectivity index (χ3n) is 5.09. The number of aromatic hydroxyl groups is 1. The van der Waals surface area contributed by atoms with Gasteiger partial charge in [0.05, 0.1) is 12.3 Å². The molecule has 0 saturated carbocycles. The summed E-state index contributed by atoms with van der Waals surface area (Å²) >= 11 is 0. The van der Waals surface area contributed by atoms with Gasteiger partial charge in [0.15, 0.2) is 0 Å². The molecule has 174 valence electrons. The third-order valence-corrected chi connectivity index (χ3v) is 6.06. The quantitative estimate of drug-likeness (QED) is 0.506. The first-order valence-electron chi connectivity index (χ1n) is 9.69. The molecule has 1 aromatic carbocycles. The van der Waals surface area contributed by atoms with E-state index in [-0.39, 0.29) is 42.0 Å². The zero-order chi connectivity index (χ0) is 23.9. The number of allylic oxidation sites excluding steroid dienone is 3. The lowest BCUT2D eigenvalue weighted by Gasteiger charge is -2.33. The van der Waals surface area contributed by atoms with Gasteiger partial charge >= 0.3 is 21.7 Å². The normalized spacial score (nSPS) is 17.9. The van der Waals surface area contributed by atoms with Crippen LogP contribution in [0.5, 0.6) is 5.75 Å². The number of carbonyl (C=O) groups excluding carboxylic acids is 1. The second kappa shape index (κ2) is 8.19. The van der Waals surface area contributed by atoms with Crippen LogP contribution in [-0.4, -0.2) is 43.2 Å². The van der Waals surface area contributed by atoms with Crippen LogP contribution in [0.15, 0.2) is 36.4 Å². The topological polar surface area (TPSA) is 93.1 Å². The van der Waals surface area contributed by atoms with Crippen LogP contribution in [0.25, 0.3) is 11.5 Å². The van der Waals surface area contributed by atoms with E-state index in [0.29, 0.717) is 5.70 Å². The van der Waals surface area contributed by atoms with Gasteiger partial charge in [-0.1, -0.05) is 26.0 Å². The molecule has 1 amide bonds. The van der Waals surface area contributed by atoms with Crippen molar-refractivity contribution in [3.05, 3.63) is 53.1 Å². The molecule has 0 aromatic heterocycles. The number of phenolic OH excluding ortho intramolecular Hbond substituents is 1. The smallest absolute Gasteiger partial charge is 0.508 e. The summed E-state index contributed by atoms with van der Waals surface area (Å²) in [7, 11) is -5.92. The maximum Gasteiger partial charge on any atom is 0.534 e. The van der Waals surface area contributed by atoms with E-state index >= 15 is 0 Å². The van der Waals surface area contributed by atoms with Crippen molar-refractivity contribution in [3.63, 3.8) is 0 Å². The van der Waals surface area contributed by atoms with Crippen molar-refractivity contribution in [3.8, 4) is 5.75 Å². The fraction of sp³-hybridized carbons (Fsp3) is 0.381. The Morgan fingerprint density at radius 1 is 1.28 bits per heavy atom. The number of rotatable bonds is 4. The summed E-state index contributed by atoms with van der Waals surface area (Å²) in [5, 5.41) is 10.8. The average molecular weight is 473 g/mol. The number of fused-ring (bicyclic) bond motifs is 1. The molecule has 0 saturated heterocycles. The van der Waals surface area contributed by atoms with Crippen LogP contribution in [0, 0.1) is 0 Å². The van der Waals surface area contributed by atoms with E-state index in [1.54, 1.807) is 39.0 Å². The number of alkyl halides is 3. The molecule has 2 aliphatic rings. The molecule has 7 nitrogen and oxygen atoms in total. The van der Waals surface area contributed by atoms with Gasteiger partial charge in [-0.3, -0.25) is 4.90 Å². The molecule has 0 unspecified atom stereocenters. The lowest BCUT2D eigenvalue weighted by atomic mass is 9.74. The summed E-state index contributed by atoms with van der Waals surface area (Å²) in [6.07, 6.45) is 5.68. The summed E-state index contributed by atoms with van der Waals surface area (Å²) in [6.45, 7) is 5.46. The monoisotopic (exact) mass is 473 g/mol. The van der Waals surface area contributed by atoms with Crippen LogP contribution in [0.3, 0.4) is 0 Å². The Kier molecular flexibility index (Phi) is 6.07. The van der Waals surface area contributed by atoms with Crippen LogP contribution in [-0.2, 0) is 24.5 Å². The minimum atomic E-state index is -5.92. The minimum absolute atomic E-state index is 0.0108. The van der Waals surface area contributed by atoms with Gasteiger partial charge in [0, 0.05) is 23.2 Å². The molecule has 11 heteroatoms. The molecule has 0 spiro atoms. The average Bonchev–Trinajstić information content (AvgIpc) is 2.69. The summed E-state index contributed by atoms with van der Waals surface area (Å²) in [5.74, 6) is -0.802. The highest BCUT2D eigenvalue weighted by Gasteiger charge is 2.49. The van der Waals surface area contributed by atoms with Crippen LogP contribution in [0.4, 0.5) is 18.0 Å². The molecule has 1 aliphatic carbocycles. The highest BCUT2D eigenvalue weighted by atomic mass is 32.2. The zero-order valence-electron chi connectivity index (χ0n) is 17.6. The Balaban J connectivity index is 2.14. The predicted octanol–water partition coefficient (Wildman–Crippen LogP) is 4.65. The summed E-state index contributed by atoms with van der Waals surface area (Å²) in [5.41, 5.74) is -5.50. The molecular formula is C21H22F3NO6S. The first-order chi connectivity index (χ1) is 14.8. The molecule has 1 aromatic rings. The molecule has 0 fully saturated rings. The van der Waals surface area contributed by atoms with E-state index in [2.05, 4.69) is 4.18 Å². The highest BCUT2D eigenvalue weighted by Crippen LogP contribution is 2.46. The lowest BCUT2D eigenvalue weighted by Crippen LogP contribution is -2.32. The van der Waals surface area contributed by atoms with Gasteiger partial charge in [0.25, 0.3) is 0 Å². The first-order valence-corrected chi connectivity index (χ1v) is 11.1. The van der Waals surface area contributed by atoms with Crippen LogP contribution in [0.1, 0.15) is 43.9 Å².